The maximum absolute atomic E-state index is 11.1. The molecule has 128 valence electrons. The Hall–Kier alpha value is -0.650. The van der Waals surface area contributed by atoms with Gasteiger partial charge < -0.3 is 10.5 Å². The molecule has 0 radical (unpaired) electrons. The Morgan fingerprint density at radius 2 is 1.57 bits per heavy atom. The van der Waals surface area contributed by atoms with Gasteiger partial charge in [-0.25, -0.2) is 0 Å². The lowest BCUT2D eigenvalue weighted by Crippen LogP contribution is -2.59. The molecular formula is C18H27NO4. The van der Waals surface area contributed by atoms with Crippen LogP contribution >= 0.6 is 0 Å². The molecule has 0 aromatic carbocycles. The number of hydrogen-bond acceptors (Lipinski definition) is 4. The molecule has 1 saturated heterocycles. The summed E-state index contributed by atoms with van der Waals surface area (Å²) >= 11 is 0. The van der Waals surface area contributed by atoms with Crippen LogP contribution in [0.1, 0.15) is 64.2 Å². The number of hydrogen-bond donors (Lipinski definition) is 1. The molecule has 0 aromatic rings. The van der Waals surface area contributed by atoms with Crippen molar-refractivity contribution in [3.8, 4) is 0 Å². The zero-order valence-electron chi connectivity index (χ0n) is 13.7. The standard InChI is InChI=1S/C18H27NO4/c19-16(20)10-11-1-3-17(4-2-11)21-18(23-22-17)14-6-12-5-13(8-14)9-15(18)7-12/h11-15H,1-10H2,(H2,19,20). The number of nitrogens with two attached hydrogens (primary N) is 1. The fraction of sp³-hybridized carbons (Fsp3) is 0.944. The van der Waals surface area contributed by atoms with Gasteiger partial charge in [0.2, 0.25) is 17.5 Å². The molecule has 6 aliphatic rings. The van der Waals surface area contributed by atoms with Crippen LogP contribution in [-0.4, -0.2) is 17.5 Å². The Morgan fingerprint density at radius 3 is 2.13 bits per heavy atom. The highest BCUT2D eigenvalue weighted by atomic mass is 17.3. The van der Waals surface area contributed by atoms with Gasteiger partial charge in [0.1, 0.15) is 0 Å². The first-order valence-electron chi connectivity index (χ1n) is 9.42. The Labute approximate surface area is 137 Å². The van der Waals surface area contributed by atoms with Crippen LogP contribution in [0.4, 0.5) is 0 Å². The molecular weight excluding hydrogens is 294 g/mol. The van der Waals surface area contributed by atoms with Crippen molar-refractivity contribution in [1.82, 2.24) is 0 Å². The first kappa shape index (κ1) is 14.7. The van der Waals surface area contributed by atoms with E-state index in [1.165, 1.54) is 32.1 Å². The number of carbonyl (C=O) groups excluding carboxylic acids is 1. The first-order chi connectivity index (χ1) is 11.1. The lowest BCUT2D eigenvalue weighted by molar-refractivity contribution is -0.390. The summed E-state index contributed by atoms with van der Waals surface area (Å²) in [6.45, 7) is 0. The minimum Gasteiger partial charge on any atom is -0.370 e. The number of amides is 1. The molecule has 2 N–H and O–H groups in total. The minimum atomic E-state index is -0.566. The van der Waals surface area contributed by atoms with E-state index >= 15 is 0 Å². The van der Waals surface area contributed by atoms with E-state index in [4.69, 9.17) is 20.2 Å². The van der Waals surface area contributed by atoms with Gasteiger partial charge in [0.25, 0.3) is 0 Å². The Kier molecular flexibility index (Phi) is 3.14. The fourth-order valence-corrected chi connectivity index (χ4v) is 6.40. The van der Waals surface area contributed by atoms with Crippen molar-refractivity contribution in [2.45, 2.75) is 75.8 Å². The second-order valence-electron chi connectivity index (χ2n) is 8.82. The number of rotatable bonds is 2. The van der Waals surface area contributed by atoms with Gasteiger partial charge in [0.05, 0.1) is 0 Å². The summed E-state index contributed by atoms with van der Waals surface area (Å²) in [7, 11) is 0. The predicted octanol–water partition coefficient (Wildman–Crippen LogP) is 2.88. The molecule has 1 amide bonds. The summed E-state index contributed by atoms with van der Waals surface area (Å²) in [4.78, 5) is 23.0. The van der Waals surface area contributed by atoms with Gasteiger partial charge >= 0.3 is 0 Å². The molecule has 5 aliphatic carbocycles. The second kappa shape index (κ2) is 4.93. The van der Waals surface area contributed by atoms with Crippen LogP contribution in [0.25, 0.3) is 0 Å². The number of carbonyl (C=O) groups is 1. The molecule has 1 heterocycles. The van der Waals surface area contributed by atoms with Crippen molar-refractivity contribution in [2.75, 3.05) is 0 Å². The van der Waals surface area contributed by atoms with Gasteiger partial charge in [0, 0.05) is 31.1 Å². The van der Waals surface area contributed by atoms with Crippen LogP contribution in [0.2, 0.25) is 0 Å². The van der Waals surface area contributed by atoms with Crippen LogP contribution in [0, 0.1) is 29.6 Å². The van der Waals surface area contributed by atoms with Crippen LogP contribution in [0.5, 0.6) is 0 Å². The minimum absolute atomic E-state index is 0.201. The van der Waals surface area contributed by atoms with Crippen LogP contribution in [0.3, 0.4) is 0 Å². The largest absolute Gasteiger partial charge is 0.370 e. The molecule has 0 aromatic heterocycles. The normalized spacial score (nSPS) is 54.2. The van der Waals surface area contributed by atoms with E-state index in [2.05, 4.69) is 0 Å². The quantitative estimate of drug-likeness (QED) is 0.794. The monoisotopic (exact) mass is 321 g/mol. The average molecular weight is 321 g/mol. The van der Waals surface area contributed by atoms with Crippen molar-refractivity contribution in [3.05, 3.63) is 0 Å². The Morgan fingerprint density at radius 1 is 0.957 bits per heavy atom. The van der Waals surface area contributed by atoms with Crippen LogP contribution in [-0.2, 0) is 19.3 Å². The third kappa shape index (κ3) is 2.19. The van der Waals surface area contributed by atoms with Crippen LogP contribution in [0.15, 0.2) is 0 Å². The van der Waals surface area contributed by atoms with E-state index < -0.39 is 11.6 Å². The van der Waals surface area contributed by atoms with Gasteiger partial charge in [-0.15, -0.1) is 0 Å². The van der Waals surface area contributed by atoms with E-state index in [1.807, 2.05) is 0 Å². The van der Waals surface area contributed by atoms with Crippen molar-refractivity contribution in [3.63, 3.8) is 0 Å². The van der Waals surface area contributed by atoms with Crippen molar-refractivity contribution in [1.29, 1.82) is 0 Å². The average Bonchev–Trinajstić information content (AvgIpc) is 2.87. The lowest BCUT2D eigenvalue weighted by atomic mass is 9.53. The molecule has 0 unspecified atom stereocenters. The van der Waals surface area contributed by atoms with Crippen molar-refractivity contribution >= 4 is 5.91 Å². The summed E-state index contributed by atoms with van der Waals surface area (Å²) in [5.41, 5.74) is 5.33. The molecule has 5 heteroatoms. The summed E-state index contributed by atoms with van der Waals surface area (Å²) in [5, 5.41) is 0. The molecule has 6 rings (SSSR count). The van der Waals surface area contributed by atoms with E-state index in [0.717, 1.165) is 37.5 Å². The molecule has 1 aliphatic heterocycles. The van der Waals surface area contributed by atoms with Gasteiger partial charge in [-0.2, -0.15) is 9.78 Å². The first-order valence-corrected chi connectivity index (χ1v) is 9.42. The Bertz CT molecular complexity index is 483. The summed E-state index contributed by atoms with van der Waals surface area (Å²) < 4.78 is 6.65. The molecule has 2 spiro atoms. The Balaban J connectivity index is 1.31. The molecule has 5 saturated carbocycles. The lowest BCUT2D eigenvalue weighted by Gasteiger charge is -2.57. The SMILES string of the molecule is NC(=O)CC1CCC2(CC1)OOC1(O2)C2CC3CC(C2)CC1C3. The van der Waals surface area contributed by atoms with Crippen molar-refractivity contribution in [2.24, 2.45) is 35.3 Å². The zero-order valence-corrected chi connectivity index (χ0v) is 13.7. The number of primary amides is 1. The molecule has 4 bridgehead atoms. The van der Waals surface area contributed by atoms with Crippen LogP contribution < -0.4 is 5.73 Å². The van der Waals surface area contributed by atoms with E-state index in [0.29, 0.717) is 24.2 Å². The predicted molar refractivity (Wildman–Crippen MR) is 81.5 cm³/mol. The summed E-state index contributed by atoms with van der Waals surface area (Å²) in [6, 6.07) is 0. The van der Waals surface area contributed by atoms with Gasteiger partial charge in [-0.05, 0) is 62.7 Å². The molecule has 0 atom stereocenters. The number of ether oxygens (including phenoxy) is 1. The summed E-state index contributed by atoms with van der Waals surface area (Å²) in [6.07, 6.45) is 10.4. The van der Waals surface area contributed by atoms with Gasteiger partial charge in [0.15, 0.2) is 0 Å². The van der Waals surface area contributed by atoms with Gasteiger partial charge in [-0.3, -0.25) is 4.79 Å². The highest BCUT2D eigenvalue weighted by molar-refractivity contribution is 5.73. The van der Waals surface area contributed by atoms with E-state index in [1.54, 1.807) is 0 Å². The van der Waals surface area contributed by atoms with E-state index in [9.17, 15) is 4.79 Å². The second-order valence-corrected chi connectivity index (χ2v) is 8.82. The molecule has 23 heavy (non-hydrogen) atoms. The topological polar surface area (TPSA) is 70.8 Å². The highest BCUT2D eigenvalue weighted by Crippen LogP contribution is 2.63. The molecule has 6 fully saturated rings. The summed E-state index contributed by atoms with van der Waals surface area (Å²) in [5.74, 6) is 1.95. The van der Waals surface area contributed by atoms with Gasteiger partial charge in [-0.1, -0.05) is 0 Å². The maximum Gasteiger partial charge on any atom is 0.217 e. The molecule has 5 nitrogen and oxygen atoms in total. The maximum atomic E-state index is 11.1. The van der Waals surface area contributed by atoms with E-state index in [-0.39, 0.29) is 5.91 Å². The third-order valence-corrected chi connectivity index (χ3v) is 7.30. The third-order valence-electron chi connectivity index (χ3n) is 7.30. The zero-order chi connectivity index (χ0) is 15.7. The highest BCUT2D eigenvalue weighted by Gasteiger charge is 2.66. The smallest absolute Gasteiger partial charge is 0.217 e. The van der Waals surface area contributed by atoms with Crippen molar-refractivity contribution < 1.29 is 19.3 Å². The fourth-order valence-electron chi connectivity index (χ4n) is 6.40.